The fourth-order valence-electron chi connectivity index (χ4n) is 3.86. The number of aryl methyl sites for hydroxylation is 1. The minimum atomic E-state index is -2.90. The van der Waals surface area contributed by atoms with E-state index in [9.17, 15) is 8.42 Å². The zero-order chi connectivity index (χ0) is 18.3. The highest BCUT2D eigenvalue weighted by molar-refractivity contribution is 7.91. The van der Waals surface area contributed by atoms with Gasteiger partial charge in [-0.05, 0) is 31.9 Å². The summed E-state index contributed by atoms with van der Waals surface area (Å²) in [4.78, 5) is 4.83. The normalized spacial score (nSPS) is 19.1. The third-order valence-electron chi connectivity index (χ3n) is 5.08. The highest BCUT2D eigenvalue weighted by Crippen LogP contribution is 2.34. The third-order valence-corrected chi connectivity index (χ3v) is 7.68. The van der Waals surface area contributed by atoms with Gasteiger partial charge in [0.25, 0.3) is 0 Å². The monoisotopic (exact) mass is 386 g/mol. The van der Waals surface area contributed by atoms with E-state index in [2.05, 4.69) is 42.0 Å². The number of benzene rings is 1. The molecule has 0 N–H and O–H groups in total. The van der Waals surface area contributed by atoms with Gasteiger partial charge in [-0.2, -0.15) is 0 Å². The Morgan fingerprint density at radius 1 is 1.23 bits per heavy atom. The lowest BCUT2D eigenvalue weighted by Crippen LogP contribution is -2.13. The zero-order valence-corrected chi connectivity index (χ0v) is 16.6. The predicted molar refractivity (Wildman–Crippen MR) is 107 cm³/mol. The highest BCUT2D eigenvalue weighted by atomic mass is 32.2. The molecule has 3 aromatic rings. The van der Waals surface area contributed by atoms with Crippen LogP contribution in [0.5, 0.6) is 0 Å². The largest absolute Gasteiger partial charge is 0.344 e. The van der Waals surface area contributed by atoms with Gasteiger partial charge in [-0.1, -0.05) is 30.3 Å². The molecule has 1 fully saturated rings. The van der Waals surface area contributed by atoms with Gasteiger partial charge in [-0.15, -0.1) is 11.3 Å². The Hall–Kier alpha value is -1.92. The van der Waals surface area contributed by atoms with Crippen molar-refractivity contribution in [3.05, 3.63) is 63.7 Å². The average Bonchev–Trinajstić information content (AvgIpc) is 3.27. The van der Waals surface area contributed by atoms with Crippen molar-refractivity contribution in [3.63, 3.8) is 0 Å². The van der Waals surface area contributed by atoms with E-state index in [1.54, 1.807) is 11.3 Å². The molecule has 6 heteroatoms. The molecule has 1 saturated heterocycles. The molecule has 4 rings (SSSR count). The van der Waals surface area contributed by atoms with Crippen LogP contribution in [0.4, 0.5) is 0 Å². The second kappa shape index (κ2) is 6.67. The number of sulfone groups is 1. The quantitative estimate of drug-likeness (QED) is 0.676. The van der Waals surface area contributed by atoms with E-state index in [0.29, 0.717) is 12.2 Å². The first-order chi connectivity index (χ1) is 12.4. The SMILES string of the molecule is Cc1cc(-c2csc(Cc3ccccc3)n2)c(C)n1C1CCS(=O)(=O)C1. The summed E-state index contributed by atoms with van der Waals surface area (Å²) >= 11 is 1.68. The molecule has 2 aromatic heterocycles. The Balaban J connectivity index is 1.62. The minimum Gasteiger partial charge on any atom is -0.344 e. The predicted octanol–water partition coefficient (Wildman–Crippen LogP) is 4.18. The lowest BCUT2D eigenvalue weighted by Gasteiger charge is -2.16. The molecule has 0 bridgehead atoms. The van der Waals surface area contributed by atoms with Gasteiger partial charge in [0.1, 0.15) is 0 Å². The summed E-state index contributed by atoms with van der Waals surface area (Å²) in [5.41, 5.74) is 5.58. The first-order valence-electron chi connectivity index (χ1n) is 8.80. The molecule has 1 aliphatic heterocycles. The second-order valence-corrected chi connectivity index (χ2v) is 10.2. The molecule has 1 atom stereocenters. The van der Waals surface area contributed by atoms with E-state index >= 15 is 0 Å². The summed E-state index contributed by atoms with van der Waals surface area (Å²) in [6.45, 7) is 4.13. The molecule has 0 radical (unpaired) electrons. The summed E-state index contributed by atoms with van der Waals surface area (Å²) in [6.07, 6.45) is 1.54. The fourth-order valence-corrected chi connectivity index (χ4v) is 6.39. The van der Waals surface area contributed by atoms with Gasteiger partial charge < -0.3 is 4.57 Å². The standard InChI is InChI=1S/C20H22N2O2S2/c1-14-10-18(15(2)22(14)17-8-9-26(23,24)13-17)19-12-25-20(21-19)11-16-6-4-3-5-7-16/h3-7,10,12,17H,8-9,11,13H2,1-2H3. The van der Waals surface area contributed by atoms with Crippen LogP contribution < -0.4 is 0 Å². The molecule has 26 heavy (non-hydrogen) atoms. The zero-order valence-electron chi connectivity index (χ0n) is 15.0. The average molecular weight is 387 g/mol. The van der Waals surface area contributed by atoms with Crippen molar-refractivity contribution >= 4 is 21.2 Å². The lowest BCUT2D eigenvalue weighted by atomic mass is 10.1. The maximum Gasteiger partial charge on any atom is 0.152 e. The molecular weight excluding hydrogens is 364 g/mol. The summed E-state index contributed by atoms with van der Waals surface area (Å²) in [7, 11) is -2.90. The van der Waals surface area contributed by atoms with E-state index in [1.807, 2.05) is 18.2 Å². The van der Waals surface area contributed by atoms with Crippen LogP contribution in [0.1, 0.15) is 34.4 Å². The number of aromatic nitrogens is 2. The summed E-state index contributed by atoms with van der Waals surface area (Å²) in [5.74, 6) is 0.543. The molecule has 0 amide bonds. The van der Waals surface area contributed by atoms with Crippen LogP contribution in [0, 0.1) is 13.8 Å². The number of hydrogen-bond donors (Lipinski definition) is 0. The van der Waals surface area contributed by atoms with Gasteiger partial charge in [0.15, 0.2) is 9.84 Å². The molecule has 0 saturated carbocycles. The molecule has 0 spiro atoms. The van der Waals surface area contributed by atoms with E-state index in [1.165, 1.54) is 5.56 Å². The summed E-state index contributed by atoms with van der Waals surface area (Å²) < 4.78 is 25.9. The fraction of sp³-hybridized carbons (Fsp3) is 0.350. The van der Waals surface area contributed by atoms with Crippen LogP contribution in [0.25, 0.3) is 11.3 Å². The Kier molecular flexibility index (Phi) is 4.49. The molecular formula is C20H22N2O2S2. The van der Waals surface area contributed by atoms with Crippen LogP contribution in [-0.4, -0.2) is 29.5 Å². The van der Waals surface area contributed by atoms with Crippen molar-refractivity contribution in [2.75, 3.05) is 11.5 Å². The molecule has 4 nitrogen and oxygen atoms in total. The van der Waals surface area contributed by atoms with E-state index < -0.39 is 9.84 Å². The molecule has 136 valence electrons. The number of rotatable bonds is 4. The van der Waals surface area contributed by atoms with E-state index in [0.717, 1.165) is 34.1 Å². The summed E-state index contributed by atoms with van der Waals surface area (Å²) in [6, 6.07) is 12.5. The topological polar surface area (TPSA) is 52.0 Å². The van der Waals surface area contributed by atoms with Crippen LogP contribution in [-0.2, 0) is 16.3 Å². The molecule has 3 heterocycles. The van der Waals surface area contributed by atoms with Gasteiger partial charge >= 0.3 is 0 Å². The first kappa shape index (κ1) is 17.5. The van der Waals surface area contributed by atoms with E-state index in [4.69, 9.17) is 4.98 Å². The first-order valence-corrected chi connectivity index (χ1v) is 11.5. The van der Waals surface area contributed by atoms with Gasteiger partial charge in [-0.3, -0.25) is 0 Å². The Bertz CT molecular complexity index is 1030. The summed E-state index contributed by atoms with van der Waals surface area (Å²) in [5, 5.41) is 3.20. The molecule has 1 aliphatic rings. The lowest BCUT2D eigenvalue weighted by molar-refractivity contribution is 0.536. The molecule has 1 unspecified atom stereocenters. The van der Waals surface area contributed by atoms with Crippen molar-refractivity contribution in [1.29, 1.82) is 0 Å². The van der Waals surface area contributed by atoms with Gasteiger partial charge in [-0.25, -0.2) is 13.4 Å². The van der Waals surface area contributed by atoms with Gasteiger partial charge in [0, 0.05) is 34.8 Å². The van der Waals surface area contributed by atoms with E-state index in [-0.39, 0.29) is 11.8 Å². The van der Waals surface area contributed by atoms with Crippen molar-refractivity contribution in [1.82, 2.24) is 9.55 Å². The van der Waals surface area contributed by atoms with Crippen molar-refractivity contribution in [2.24, 2.45) is 0 Å². The van der Waals surface area contributed by atoms with Crippen LogP contribution >= 0.6 is 11.3 Å². The van der Waals surface area contributed by atoms with Crippen LogP contribution in [0.15, 0.2) is 41.8 Å². The van der Waals surface area contributed by atoms with Crippen LogP contribution in [0.3, 0.4) is 0 Å². The second-order valence-electron chi connectivity index (χ2n) is 7.00. The maximum absolute atomic E-state index is 11.9. The van der Waals surface area contributed by atoms with Crippen molar-refractivity contribution in [3.8, 4) is 11.3 Å². The Morgan fingerprint density at radius 3 is 2.69 bits per heavy atom. The Labute approximate surface area is 158 Å². The van der Waals surface area contributed by atoms with Crippen molar-refractivity contribution in [2.45, 2.75) is 32.7 Å². The third kappa shape index (κ3) is 3.35. The number of nitrogens with zero attached hydrogens (tertiary/aromatic N) is 2. The number of thiazole rings is 1. The smallest absolute Gasteiger partial charge is 0.152 e. The minimum absolute atomic E-state index is 0.0520. The van der Waals surface area contributed by atoms with Gasteiger partial charge in [0.2, 0.25) is 0 Å². The Morgan fingerprint density at radius 2 is 2.00 bits per heavy atom. The maximum atomic E-state index is 11.9. The number of hydrogen-bond acceptors (Lipinski definition) is 4. The molecule has 0 aliphatic carbocycles. The van der Waals surface area contributed by atoms with Crippen LogP contribution in [0.2, 0.25) is 0 Å². The molecule has 1 aromatic carbocycles. The highest BCUT2D eigenvalue weighted by Gasteiger charge is 2.31. The van der Waals surface area contributed by atoms with Gasteiger partial charge in [0.05, 0.1) is 22.2 Å². The van der Waals surface area contributed by atoms with Crippen molar-refractivity contribution < 1.29 is 8.42 Å².